The summed E-state index contributed by atoms with van der Waals surface area (Å²) in [5, 5.41) is 6.86. The first kappa shape index (κ1) is 12.6. The predicted octanol–water partition coefficient (Wildman–Crippen LogP) is 1.72. The van der Waals surface area contributed by atoms with Crippen LogP contribution in [0, 0.1) is 0 Å². The van der Waals surface area contributed by atoms with Crippen molar-refractivity contribution in [2.75, 3.05) is 25.1 Å². The van der Waals surface area contributed by atoms with E-state index in [9.17, 15) is 13.2 Å². The van der Waals surface area contributed by atoms with Crippen LogP contribution >= 0.6 is 0 Å². The van der Waals surface area contributed by atoms with Crippen molar-refractivity contribution in [3.63, 3.8) is 0 Å². The van der Waals surface area contributed by atoms with E-state index < -0.39 is 12.8 Å². The van der Waals surface area contributed by atoms with Gasteiger partial charge >= 0.3 is 6.18 Å². The minimum absolute atomic E-state index is 0.0605. The number of ether oxygens (including phenoxy) is 1. The first-order valence-electron chi connectivity index (χ1n) is 5.24. The van der Waals surface area contributed by atoms with Gasteiger partial charge in [0.05, 0.1) is 6.61 Å². The number of hydrogen-bond donors (Lipinski definition) is 1. The minimum atomic E-state index is -4.29. The third-order valence-electron chi connectivity index (χ3n) is 2.04. The molecule has 0 spiro atoms. The molecule has 2 heterocycles. The molecule has 2 aromatic heterocycles. The van der Waals surface area contributed by atoms with Gasteiger partial charge in [-0.05, 0) is 12.1 Å². The Morgan fingerprint density at radius 2 is 2.17 bits per heavy atom. The summed E-state index contributed by atoms with van der Waals surface area (Å²) in [4.78, 5) is 4.12. The Bertz CT molecular complexity index is 478. The van der Waals surface area contributed by atoms with Gasteiger partial charge < -0.3 is 10.1 Å². The van der Waals surface area contributed by atoms with Gasteiger partial charge in [0.15, 0.2) is 5.65 Å². The lowest BCUT2D eigenvalue weighted by Crippen LogP contribution is -2.20. The van der Waals surface area contributed by atoms with Gasteiger partial charge in [0.25, 0.3) is 0 Å². The third kappa shape index (κ3) is 3.59. The lowest BCUT2D eigenvalue weighted by molar-refractivity contribution is -0.172. The van der Waals surface area contributed by atoms with Crippen LogP contribution in [0.2, 0.25) is 0 Å². The van der Waals surface area contributed by atoms with E-state index >= 15 is 0 Å². The molecule has 0 aliphatic heterocycles. The first-order chi connectivity index (χ1) is 8.54. The summed E-state index contributed by atoms with van der Waals surface area (Å²) in [6.07, 6.45) is -2.56. The number of pyridine rings is 1. The minimum Gasteiger partial charge on any atom is -0.370 e. The van der Waals surface area contributed by atoms with E-state index in [-0.39, 0.29) is 13.2 Å². The van der Waals surface area contributed by atoms with E-state index in [0.29, 0.717) is 11.6 Å². The first-order valence-corrected chi connectivity index (χ1v) is 5.24. The second-order valence-electron chi connectivity index (χ2n) is 3.53. The van der Waals surface area contributed by atoms with E-state index in [4.69, 9.17) is 0 Å². The molecule has 98 valence electrons. The quantitative estimate of drug-likeness (QED) is 0.832. The van der Waals surface area contributed by atoms with Crippen molar-refractivity contribution in [3.8, 4) is 0 Å². The number of rotatable bonds is 5. The Hall–Kier alpha value is -1.83. The molecule has 0 saturated heterocycles. The van der Waals surface area contributed by atoms with Crippen molar-refractivity contribution in [1.29, 1.82) is 0 Å². The lowest BCUT2D eigenvalue weighted by Gasteiger charge is -2.07. The second kappa shape index (κ2) is 5.21. The van der Waals surface area contributed by atoms with Gasteiger partial charge in [0.2, 0.25) is 5.95 Å². The molecule has 2 aromatic rings. The molecule has 0 aromatic carbocycles. The molecule has 0 unspecified atom stereocenters. The maximum atomic E-state index is 11.8. The van der Waals surface area contributed by atoms with Crippen molar-refractivity contribution in [2.45, 2.75) is 6.18 Å². The molecule has 5 nitrogen and oxygen atoms in total. The Labute approximate surface area is 101 Å². The molecule has 0 atom stereocenters. The fraction of sp³-hybridized carbons (Fsp3) is 0.400. The van der Waals surface area contributed by atoms with Crippen molar-refractivity contribution in [2.24, 2.45) is 0 Å². The Morgan fingerprint density at radius 1 is 1.33 bits per heavy atom. The van der Waals surface area contributed by atoms with E-state index in [1.165, 1.54) is 0 Å². The summed E-state index contributed by atoms with van der Waals surface area (Å²) in [6, 6.07) is 5.40. The van der Waals surface area contributed by atoms with Crippen molar-refractivity contribution in [3.05, 3.63) is 24.4 Å². The lowest BCUT2D eigenvalue weighted by atomic mass is 10.5. The topological polar surface area (TPSA) is 51.5 Å². The molecule has 0 amide bonds. The van der Waals surface area contributed by atoms with Gasteiger partial charge in [-0.2, -0.15) is 18.2 Å². The summed E-state index contributed by atoms with van der Waals surface area (Å²) in [6.45, 7) is -1.09. The second-order valence-corrected chi connectivity index (χ2v) is 3.53. The zero-order valence-corrected chi connectivity index (χ0v) is 9.31. The highest BCUT2D eigenvalue weighted by atomic mass is 19.4. The molecular weight excluding hydrogens is 249 g/mol. The SMILES string of the molecule is FC(F)(F)COCCNc1nc2ccccn2n1. The van der Waals surface area contributed by atoms with Crippen LogP contribution in [0.5, 0.6) is 0 Å². The zero-order valence-electron chi connectivity index (χ0n) is 9.31. The molecule has 18 heavy (non-hydrogen) atoms. The third-order valence-corrected chi connectivity index (χ3v) is 2.04. The van der Waals surface area contributed by atoms with Crippen molar-refractivity contribution >= 4 is 11.6 Å². The molecule has 0 bridgehead atoms. The molecule has 0 radical (unpaired) electrons. The zero-order chi connectivity index (χ0) is 13.0. The molecule has 0 saturated carbocycles. The van der Waals surface area contributed by atoms with Gasteiger partial charge in [-0.25, -0.2) is 4.52 Å². The number of hydrogen-bond acceptors (Lipinski definition) is 4. The van der Waals surface area contributed by atoms with Gasteiger partial charge in [-0.3, -0.25) is 0 Å². The number of nitrogens with zero attached hydrogens (tertiary/aromatic N) is 3. The smallest absolute Gasteiger partial charge is 0.370 e. The summed E-state index contributed by atoms with van der Waals surface area (Å²) < 4.78 is 41.3. The van der Waals surface area contributed by atoms with Gasteiger partial charge in [-0.1, -0.05) is 6.07 Å². The highest BCUT2D eigenvalue weighted by Gasteiger charge is 2.27. The average molecular weight is 260 g/mol. The molecule has 1 N–H and O–H groups in total. The molecule has 0 fully saturated rings. The van der Waals surface area contributed by atoms with Gasteiger partial charge in [0, 0.05) is 12.7 Å². The Kier molecular flexibility index (Phi) is 3.66. The highest BCUT2D eigenvalue weighted by Crippen LogP contribution is 2.14. The Balaban J connectivity index is 1.77. The number of anilines is 1. The standard InChI is InChI=1S/C10H11F3N4O/c11-10(12,13)7-18-6-4-14-9-15-8-3-1-2-5-17(8)16-9/h1-3,5H,4,6-7H2,(H,14,16). The summed E-state index contributed by atoms with van der Waals surface area (Å²) in [7, 11) is 0. The maximum absolute atomic E-state index is 11.8. The number of halogens is 3. The molecule has 2 rings (SSSR count). The fourth-order valence-corrected chi connectivity index (χ4v) is 1.33. The number of aromatic nitrogens is 3. The number of nitrogens with one attached hydrogen (secondary N) is 1. The van der Waals surface area contributed by atoms with Crippen LogP contribution < -0.4 is 5.32 Å². The van der Waals surface area contributed by atoms with E-state index in [0.717, 1.165) is 0 Å². The van der Waals surface area contributed by atoms with Crippen molar-refractivity contribution in [1.82, 2.24) is 14.6 Å². The summed E-state index contributed by atoms with van der Waals surface area (Å²) in [5.74, 6) is 0.358. The van der Waals surface area contributed by atoms with Crippen LogP contribution in [0.3, 0.4) is 0 Å². The normalized spacial score (nSPS) is 11.9. The molecule has 0 aliphatic rings. The number of fused-ring (bicyclic) bond motifs is 1. The monoisotopic (exact) mass is 260 g/mol. The van der Waals surface area contributed by atoms with Crippen LogP contribution in [-0.2, 0) is 4.74 Å². The van der Waals surface area contributed by atoms with E-state index in [1.807, 2.05) is 6.07 Å². The van der Waals surface area contributed by atoms with E-state index in [2.05, 4.69) is 20.1 Å². The maximum Gasteiger partial charge on any atom is 0.411 e. The van der Waals surface area contributed by atoms with Crippen LogP contribution in [-0.4, -0.2) is 40.5 Å². The van der Waals surface area contributed by atoms with E-state index in [1.54, 1.807) is 22.8 Å². The van der Waals surface area contributed by atoms with Crippen molar-refractivity contribution < 1.29 is 17.9 Å². The summed E-state index contributed by atoms with van der Waals surface area (Å²) >= 11 is 0. The Morgan fingerprint density at radius 3 is 2.89 bits per heavy atom. The summed E-state index contributed by atoms with van der Waals surface area (Å²) in [5.41, 5.74) is 0.663. The largest absolute Gasteiger partial charge is 0.411 e. The van der Waals surface area contributed by atoms with Gasteiger partial charge in [-0.15, -0.1) is 5.10 Å². The molecule has 8 heteroatoms. The molecular formula is C10H11F3N4O. The number of alkyl halides is 3. The van der Waals surface area contributed by atoms with Crippen LogP contribution in [0.15, 0.2) is 24.4 Å². The molecule has 0 aliphatic carbocycles. The fourth-order valence-electron chi connectivity index (χ4n) is 1.33. The highest BCUT2D eigenvalue weighted by molar-refractivity contribution is 5.42. The van der Waals surface area contributed by atoms with Gasteiger partial charge in [0.1, 0.15) is 6.61 Å². The average Bonchev–Trinajstić information content (AvgIpc) is 2.69. The van der Waals surface area contributed by atoms with Crippen LogP contribution in [0.1, 0.15) is 0 Å². The predicted molar refractivity (Wildman–Crippen MR) is 58.4 cm³/mol. The van der Waals surface area contributed by atoms with Crippen LogP contribution in [0.25, 0.3) is 5.65 Å². The van der Waals surface area contributed by atoms with Crippen LogP contribution in [0.4, 0.5) is 19.1 Å².